The summed E-state index contributed by atoms with van der Waals surface area (Å²) >= 11 is 0. The van der Waals surface area contributed by atoms with E-state index in [1.165, 1.54) is 6.20 Å². The average Bonchev–Trinajstić information content (AvgIpc) is 2.94. The van der Waals surface area contributed by atoms with E-state index < -0.39 is 0 Å². The molecule has 7 heteroatoms. The molecular weight excluding hydrogens is 258 g/mol. The van der Waals surface area contributed by atoms with Crippen LogP contribution in [-0.2, 0) is 11.8 Å². The van der Waals surface area contributed by atoms with E-state index in [9.17, 15) is 4.79 Å². The van der Waals surface area contributed by atoms with Crippen LogP contribution in [0.5, 0.6) is 0 Å². The third kappa shape index (κ3) is 2.53. The molecule has 2 aromatic heterocycles. The van der Waals surface area contributed by atoms with Crippen LogP contribution in [0.15, 0.2) is 24.8 Å². The van der Waals surface area contributed by atoms with Gasteiger partial charge in [0.25, 0.3) is 5.91 Å². The van der Waals surface area contributed by atoms with Crippen LogP contribution in [0.3, 0.4) is 0 Å². The van der Waals surface area contributed by atoms with Crippen molar-refractivity contribution in [3.63, 3.8) is 0 Å². The number of ether oxygens (including phenoxy) is 1. The number of rotatable bonds is 2. The lowest BCUT2D eigenvalue weighted by atomic mass is 10.2. The highest BCUT2D eigenvalue weighted by molar-refractivity contribution is 5.92. The Morgan fingerprint density at radius 1 is 1.25 bits per heavy atom. The average molecular weight is 273 g/mol. The van der Waals surface area contributed by atoms with Crippen LogP contribution in [0.2, 0.25) is 0 Å². The monoisotopic (exact) mass is 273 g/mol. The molecule has 0 radical (unpaired) electrons. The molecule has 1 aliphatic heterocycles. The minimum Gasteiger partial charge on any atom is -0.378 e. The van der Waals surface area contributed by atoms with Gasteiger partial charge < -0.3 is 9.64 Å². The Morgan fingerprint density at radius 3 is 2.75 bits per heavy atom. The molecule has 0 saturated carbocycles. The molecule has 1 fully saturated rings. The SMILES string of the molecule is Cn1cc(-c2cncc(C(=O)N3CCOCC3)n2)cn1. The molecule has 0 bridgehead atoms. The summed E-state index contributed by atoms with van der Waals surface area (Å²) in [5.41, 5.74) is 1.85. The van der Waals surface area contributed by atoms with Gasteiger partial charge in [0, 0.05) is 31.9 Å². The van der Waals surface area contributed by atoms with Gasteiger partial charge in [-0.15, -0.1) is 0 Å². The third-order valence-electron chi connectivity index (χ3n) is 3.15. The van der Waals surface area contributed by atoms with E-state index in [-0.39, 0.29) is 5.91 Å². The van der Waals surface area contributed by atoms with E-state index in [4.69, 9.17) is 4.74 Å². The molecule has 104 valence electrons. The number of morpholine rings is 1. The summed E-state index contributed by atoms with van der Waals surface area (Å²) in [6.07, 6.45) is 6.67. The zero-order valence-corrected chi connectivity index (χ0v) is 11.2. The fourth-order valence-electron chi connectivity index (χ4n) is 2.09. The van der Waals surface area contributed by atoms with Crippen LogP contribution in [0.1, 0.15) is 10.5 Å². The lowest BCUT2D eigenvalue weighted by Gasteiger charge is -2.26. The van der Waals surface area contributed by atoms with Gasteiger partial charge in [0.2, 0.25) is 0 Å². The van der Waals surface area contributed by atoms with Crippen LogP contribution in [0.25, 0.3) is 11.3 Å². The number of aryl methyl sites for hydroxylation is 1. The zero-order chi connectivity index (χ0) is 13.9. The summed E-state index contributed by atoms with van der Waals surface area (Å²) < 4.78 is 6.93. The Balaban J connectivity index is 1.85. The number of aromatic nitrogens is 4. The topological polar surface area (TPSA) is 73.1 Å². The van der Waals surface area contributed by atoms with Crippen LogP contribution < -0.4 is 0 Å². The Bertz CT molecular complexity index is 619. The number of carbonyl (C=O) groups excluding carboxylic acids is 1. The minimum atomic E-state index is -0.105. The number of amides is 1. The number of carbonyl (C=O) groups is 1. The van der Waals surface area contributed by atoms with Crippen LogP contribution in [0.4, 0.5) is 0 Å². The van der Waals surface area contributed by atoms with Crippen molar-refractivity contribution in [2.24, 2.45) is 7.05 Å². The van der Waals surface area contributed by atoms with Crippen molar-refractivity contribution in [1.29, 1.82) is 0 Å². The predicted octanol–water partition coefficient (Wildman–Crippen LogP) is 0.349. The Labute approximate surface area is 116 Å². The van der Waals surface area contributed by atoms with E-state index in [0.717, 1.165) is 5.56 Å². The molecule has 0 aromatic carbocycles. The molecule has 0 spiro atoms. The summed E-state index contributed by atoms with van der Waals surface area (Å²) in [4.78, 5) is 22.6. The maximum absolute atomic E-state index is 12.3. The summed E-state index contributed by atoms with van der Waals surface area (Å²) in [5.74, 6) is -0.105. The molecule has 7 nitrogen and oxygen atoms in total. The van der Waals surface area contributed by atoms with Crippen molar-refractivity contribution in [1.82, 2.24) is 24.6 Å². The normalized spacial score (nSPS) is 15.3. The fraction of sp³-hybridized carbons (Fsp3) is 0.385. The largest absolute Gasteiger partial charge is 0.378 e. The molecule has 2 aromatic rings. The third-order valence-corrected chi connectivity index (χ3v) is 3.15. The lowest BCUT2D eigenvalue weighted by molar-refractivity contribution is 0.0299. The van der Waals surface area contributed by atoms with Crippen molar-refractivity contribution < 1.29 is 9.53 Å². The zero-order valence-electron chi connectivity index (χ0n) is 11.2. The molecule has 20 heavy (non-hydrogen) atoms. The Hall–Kier alpha value is -2.28. The Kier molecular flexibility index (Phi) is 3.42. The number of hydrogen-bond donors (Lipinski definition) is 0. The highest BCUT2D eigenvalue weighted by Crippen LogP contribution is 2.15. The minimum absolute atomic E-state index is 0.105. The van der Waals surface area contributed by atoms with E-state index in [0.29, 0.717) is 37.7 Å². The molecule has 1 saturated heterocycles. The molecule has 0 unspecified atom stereocenters. The van der Waals surface area contributed by atoms with Crippen LogP contribution in [-0.4, -0.2) is 56.9 Å². The first-order valence-corrected chi connectivity index (χ1v) is 6.42. The maximum atomic E-state index is 12.3. The van der Waals surface area contributed by atoms with Crippen LogP contribution >= 0.6 is 0 Å². The standard InChI is InChI=1S/C13H15N5O2/c1-17-9-10(6-15-17)11-7-14-8-12(16-11)13(19)18-2-4-20-5-3-18/h6-9H,2-5H2,1H3. The molecule has 1 amide bonds. The molecular formula is C13H15N5O2. The first-order chi connectivity index (χ1) is 9.74. The van der Waals surface area contributed by atoms with Crippen LogP contribution in [0, 0.1) is 0 Å². The van der Waals surface area contributed by atoms with Gasteiger partial charge in [-0.05, 0) is 0 Å². The summed E-state index contributed by atoms with van der Waals surface area (Å²) in [6.45, 7) is 2.33. The number of nitrogens with zero attached hydrogens (tertiary/aromatic N) is 5. The number of hydrogen-bond acceptors (Lipinski definition) is 5. The van der Waals surface area contributed by atoms with E-state index in [1.54, 1.807) is 22.0 Å². The molecule has 1 aliphatic rings. The van der Waals surface area contributed by atoms with Gasteiger partial charge in [0.05, 0.1) is 37.5 Å². The molecule has 0 atom stereocenters. The highest BCUT2D eigenvalue weighted by atomic mass is 16.5. The van der Waals surface area contributed by atoms with Gasteiger partial charge in [-0.25, -0.2) is 4.98 Å². The van der Waals surface area contributed by atoms with Crippen molar-refractivity contribution in [3.05, 3.63) is 30.5 Å². The first-order valence-electron chi connectivity index (χ1n) is 6.42. The van der Waals surface area contributed by atoms with Gasteiger partial charge in [-0.1, -0.05) is 0 Å². The first kappa shape index (κ1) is 12.7. The summed E-state index contributed by atoms with van der Waals surface area (Å²) in [6, 6.07) is 0. The van der Waals surface area contributed by atoms with E-state index in [2.05, 4.69) is 15.1 Å². The summed E-state index contributed by atoms with van der Waals surface area (Å²) in [5, 5.41) is 4.09. The van der Waals surface area contributed by atoms with Gasteiger partial charge in [0.1, 0.15) is 5.69 Å². The van der Waals surface area contributed by atoms with E-state index in [1.807, 2.05) is 13.2 Å². The molecule has 0 aliphatic carbocycles. The second kappa shape index (κ2) is 5.38. The second-order valence-electron chi connectivity index (χ2n) is 4.60. The van der Waals surface area contributed by atoms with Crippen molar-refractivity contribution >= 4 is 5.91 Å². The lowest BCUT2D eigenvalue weighted by Crippen LogP contribution is -2.41. The maximum Gasteiger partial charge on any atom is 0.274 e. The quantitative estimate of drug-likeness (QED) is 0.789. The van der Waals surface area contributed by atoms with E-state index >= 15 is 0 Å². The molecule has 3 rings (SSSR count). The molecule has 3 heterocycles. The van der Waals surface area contributed by atoms with Gasteiger partial charge >= 0.3 is 0 Å². The van der Waals surface area contributed by atoms with Gasteiger partial charge in [-0.3, -0.25) is 14.5 Å². The Morgan fingerprint density at radius 2 is 2.05 bits per heavy atom. The highest BCUT2D eigenvalue weighted by Gasteiger charge is 2.20. The predicted molar refractivity (Wildman–Crippen MR) is 71.0 cm³/mol. The fourth-order valence-corrected chi connectivity index (χ4v) is 2.09. The van der Waals surface area contributed by atoms with Gasteiger partial charge in [-0.2, -0.15) is 5.10 Å². The van der Waals surface area contributed by atoms with Gasteiger partial charge in [0.15, 0.2) is 0 Å². The summed E-state index contributed by atoms with van der Waals surface area (Å²) in [7, 11) is 1.83. The second-order valence-corrected chi connectivity index (χ2v) is 4.60. The molecule has 0 N–H and O–H groups in total. The smallest absolute Gasteiger partial charge is 0.274 e. The van der Waals surface area contributed by atoms with Crippen molar-refractivity contribution in [2.75, 3.05) is 26.3 Å². The van der Waals surface area contributed by atoms with Crippen molar-refractivity contribution in [2.45, 2.75) is 0 Å². The van der Waals surface area contributed by atoms with Crippen molar-refractivity contribution in [3.8, 4) is 11.3 Å².